The predicted octanol–water partition coefficient (Wildman–Crippen LogP) is 0.947. The third-order valence-electron chi connectivity index (χ3n) is 0.465. The van der Waals surface area contributed by atoms with Crippen molar-refractivity contribution in [2.45, 2.75) is 12.8 Å². The molecule has 0 amide bonds. The van der Waals surface area contributed by atoms with E-state index in [2.05, 4.69) is 18.5 Å². The van der Waals surface area contributed by atoms with Crippen LogP contribution in [-0.2, 0) is 12.6 Å². The fourth-order valence-corrected chi connectivity index (χ4v) is 0.319. The van der Waals surface area contributed by atoms with Gasteiger partial charge in [0.05, 0.1) is 0 Å². The number of hydrogen-bond donors (Lipinski definition) is 0. The van der Waals surface area contributed by atoms with Crippen molar-refractivity contribution in [1.29, 1.82) is 0 Å². The van der Waals surface area contributed by atoms with E-state index in [1.54, 1.807) is 0 Å². The monoisotopic (exact) mass is 99.0 g/mol. The van der Waals surface area contributed by atoms with E-state index in [4.69, 9.17) is 6.42 Å². The lowest BCUT2D eigenvalue weighted by atomic mass is 10.4. The van der Waals surface area contributed by atoms with E-state index in [9.17, 15) is 0 Å². The molecule has 0 aromatic heterocycles. The molecule has 0 rings (SSSR count). The Labute approximate surface area is 44.4 Å². The van der Waals surface area contributed by atoms with Gasteiger partial charge in [-0.3, -0.25) is 0 Å². The Morgan fingerprint density at radius 2 is 2.33 bits per heavy atom. The second kappa shape index (κ2) is 4.91. The molecular formula is C5H7S-. The smallest absolute Gasteiger partial charge is 0.00677 e. The lowest BCUT2D eigenvalue weighted by Crippen LogP contribution is -1.73. The molecule has 0 N–H and O–H groups in total. The highest BCUT2D eigenvalue weighted by atomic mass is 32.1. The quantitative estimate of drug-likeness (QED) is 0.282. The molecule has 0 aliphatic rings. The summed E-state index contributed by atoms with van der Waals surface area (Å²) >= 11 is 4.62. The van der Waals surface area contributed by atoms with Crippen LogP contribution < -0.4 is 0 Å². The van der Waals surface area contributed by atoms with Gasteiger partial charge in [-0.05, 0) is 0 Å². The lowest BCUT2D eigenvalue weighted by molar-refractivity contribution is 1.00. The fraction of sp³-hybridized carbons (Fsp3) is 0.600. The summed E-state index contributed by atoms with van der Waals surface area (Å²) in [6.07, 6.45) is 6.75. The molecule has 0 spiro atoms. The predicted molar refractivity (Wildman–Crippen MR) is 30.3 cm³/mol. The lowest BCUT2D eigenvalue weighted by Gasteiger charge is -1.94. The van der Waals surface area contributed by atoms with Crippen LogP contribution in [0.2, 0.25) is 0 Å². The van der Waals surface area contributed by atoms with Gasteiger partial charge in [0.1, 0.15) is 0 Å². The van der Waals surface area contributed by atoms with Crippen LogP contribution in [-0.4, -0.2) is 5.75 Å². The molecule has 0 fully saturated rings. The molecule has 1 heteroatoms. The summed E-state index contributed by atoms with van der Waals surface area (Å²) in [5.74, 6) is 3.30. The summed E-state index contributed by atoms with van der Waals surface area (Å²) in [5, 5.41) is 0. The van der Waals surface area contributed by atoms with E-state index in [-0.39, 0.29) is 0 Å². The van der Waals surface area contributed by atoms with Crippen molar-refractivity contribution < 1.29 is 0 Å². The van der Waals surface area contributed by atoms with Crippen LogP contribution in [0, 0.1) is 12.3 Å². The summed E-state index contributed by atoms with van der Waals surface area (Å²) in [7, 11) is 0. The van der Waals surface area contributed by atoms with Crippen molar-refractivity contribution in [3.8, 4) is 12.3 Å². The zero-order valence-corrected chi connectivity index (χ0v) is 4.42. The first-order chi connectivity index (χ1) is 2.91. The molecule has 0 radical (unpaired) electrons. The Kier molecular flexibility index (Phi) is 4.84. The number of unbranched alkanes of at least 4 members (excludes halogenated alkanes) is 1. The van der Waals surface area contributed by atoms with E-state index >= 15 is 0 Å². The molecule has 0 aromatic rings. The fourth-order valence-electron chi connectivity index (χ4n) is 0.174. The zero-order chi connectivity index (χ0) is 4.83. The second-order valence-electron chi connectivity index (χ2n) is 1.01. The van der Waals surface area contributed by atoms with E-state index < -0.39 is 0 Å². The van der Waals surface area contributed by atoms with Crippen molar-refractivity contribution >= 4 is 12.6 Å². The number of hydrogen-bond acceptors (Lipinski definition) is 1. The second-order valence-corrected chi connectivity index (χ2v) is 1.42. The molecule has 0 bridgehead atoms. The third kappa shape index (κ3) is 3.91. The van der Waals surface area contributed by atoms with Gasteiger partial charge < -0.3 is 12.6 Å². The van der Waals surface area contributed by atoms with Crippen molar-refractivity contribution in [3.63, 3.8) is 0 Å². The van der Waals surface area contributed by atoms with Gasteiger partial charge in [-0.25, -0.2) is 0 Å². The van der Waals surface area contributed by atoms with Crippen molar-refractivity contribution in [2.75, 3.05) is 5.75 Å². The minimum atomic E-state index is 0.796. The molecule has 34 valence electrons. The standard InChI is InChI=1S/C5H8S/c1-2-3-4-5-6/h1,6H,3-5H2/p-1. The maximum absolute atomic E-state index is 4.92. The van der Waals surface area contributed by atoms with Crippen LogP contribution >= 0.6 is 0 Å². The van der Waals surface area contributed by atoms with Crippen molar-refractivity contribution in [1.82, 2.24) is 0 Å². The molecule has 0 unspecified atom stereocenters. The third-order valence-corrected chi connectivity index (χ3v) is 0.754. The molecule has 0 aromatic carbocycles. The highest BCUT2D eigenvalue weighted by molar-refractivity contribution is 7.58. The van der Waals surface area contributed by atoms with E-state index in [1.807, 2.05) is 0 Å². The molecule has 0 aliphatic carbocycles. The maximum Gasteiger partial charge on any atom is 0.00677 e. The molecule has 0 saturated heterocycles. The molecule has 6 heavy (non-hydrogen) atoms. The Morgan fingerprint density at radius 1 is 1.67 bits per heavy atom. The highest BCUT2D eigenvalue weighted by Gasteiger charge is 1.65. The van der Waals surface area contributed by atoms with E-state index in [0.29, 0.717) is 0 Å². The van der Waals surface area contributed by atoms with Gasteiger partial charge in [-0.2, -0.15) is 5.75 Å². The summed E-state index contributed by atoms with van der Waals surface area (Å²) in [6, 6.07) is 0. The minimum Gasteiger partial charge on any atom is -0.793 e. The molecule has 0 heterocycles. The molecule has 0 nitrogen and oxygen atoms in total. The number of rotatable bonds is 2. The van der Waals surface area contributed by atoms with Gasteiger partial charge in [0.2, 0.25) is 0 Å². The van der Waals surface area contributed by atoms with Crippen LogP contribution in [0.4, 0.5) is 0 Å². The first kappa shape index (κ1) is 5.91. The largest absolute Gasteiger partial charge is 0.793 e. The Hall–Kier alpha value is -0.0900. The van der Waals surface area contributed by atoms with Gasteiger partial charge in [0.25, 0.3) is 0 Å². The average Bonchev–Trinajstić information content (AvgIpc) is 1.61. The Balaban J connectivity index is 2.54. The summed E-state index contributed by atoms with van der Waals surface area (Å²) in [5.41, 5.74) is 0. The van der Waals surface area contributed by atoms with Crippen LogP contribution in [0.15, 0.2) is 0 Å². The average molecular weight is 99.2 g/mol. The SMILES string of the molecule is C#CCCC[S-]. The Bertz CT molecular complexity index is 51.4. The van der Waals surface area contributed by atoms with Gasteiger partial charge in [0, 0.05) is 6.42 Å². The highest BCUT2D eigenvalue weighted by Crippen LogP contribution is 1.80. The van der Waals surface area contributed by atoms with Crippen LogP contribution in [0.1, 0.15) is 12.8 Å². The topological polar surface area (TPSA) is 0 Å². The van der Waals surface area contributed by atoms with Gasteiger partial charge in [-0.1, -0.05) is 6.42 Å². The van der Waals surface area contributed by atoms with Crippen molar-refractivity contribution in [2.24, 2.45) is 0 Å². The van der Waals surface area contributed by atoms with E-state index in [1.165, 1.54) is 0 Å². The van der Waals surface area contributed by atoms with Gasteiger partial charge in [0.15, 0.2) is 0 Å². The summed E-state index contributed by atoms with van der Waals surface area (Å²) in [4.78, 5) is 0. The first-order valence-electron chi connectivity index (χ1n) is 1.93. The van der Waals surface area contributed by atoms with E-state index in [0.717, 1.165) is 18.6 Å². The first-order valence-corrected chi connectivity index (χ1v) is 2.51. The number of terminal acetylenes is 1. The van der Waals surface area contributed by atoms with Crippen LogP contribution in [0.5, 0.6) is 0 Å². The molecule has 0 aliphatic heterocycles. The van der Waals surface area contributed by atoms with Gasteiger partial charge in [-0.15, -0.1) is 12.3 Å². The minimum absolute atomic E-state index is 0.796. The van der Waals surface area contributed by atoms with Crippen molar-refractivity contribution in [3.05, 3.63) is 0 Å². The summed E-state index contributed by atoms with van der Waals surface area (Å²) < 4.78 is 0. The van der Waals surface area contributed by atoms with Crippen LogP contribution in [0.25, 0.3) is 0 Å². The maximum atomic E-state index is 4.92. The van der Waals surface area contributed by atoms with Gasteiger partial charge >= 0.3 is 0 Å². The zero-order valence-electron chi connectivity index (χ0n) is 3.61. The normalized spacial score (nSPS) is 7.33. The van der Waals surface area contributed by atoms with Crippen LogP contribution in [0.3, 0.4) is 0 Å². The Morgan fingerprint density at radius 3 is 2.50 bits per heavy atom. The molecular weight excluding hydrogens is 92.1 g/mol. The molecule has 0 atom stereocenters. The summed E-state index contributed by atoms with van der Waals surface area (Å²) in [6.45, 7) is 0. The molecule has 0 saturated carbocycles.